The molecule has 4 aliphatic rings. The first-order valence-corrected chi connectivity index (χ1v) is 24.2. The molecule has 0 unspecified atom stereocenters. The molecule has 0 amide bonds. The molecule has 0 saturated heterocycles. The van der Waals surface area contributed by atoms with Crippen LogP contribution in [0, 0.1) is 3.80 Å². The maximum atomic E-state index is 6.83. The van der Waals surface area contributed by atoms with E-state index in [4.69, 9.17) is 14.7 Å². The second-order valence-electron chi connectivity index (χ2n) is 19.9. The Labute approximate surface area is 397 Å². The van der Waals surface area contributed by atoms with E-state index in [1.165, 1.54) is 55.4 Å². The van der Waals surface area contributed by atoms with Gasteiger partial charge in [0.15, 0.2) is 0 Å². The van der Waals surface area contributed by atoms with Gasteiger partial charge in [-0.25, -0.2) is 0 Å². The fraction of sp³-hybridized carbons (Fsp3) is 0.203. The predicted molar refractivity (Wildman–Crippen MR) is 266 cm³/mol. The Hall–Kier alpha value is -6.62. The summed E-state index contributed by atoms with van der Waals surface area (Å²) < 4.78 is 14.9. The van der Waals surface area contributed by atoms with Crippen LogP contribution in [-0.4, -0.2) is 23.5 Å². The first kappa shape index (κ1) is 42.0. The number of benzene rings is 6. The summed E-state index contributed by atoms with van der Waals surface area (Å²) in [6.07, 6.45) is 10.1. The number of hydrogen-bond acceptors (Lipinski definition) is 3. The molecule has 14 rings (SSSR count). The molecule has 0 N–H and O–H groups in total. The molecule has 0 radical (unpaired) electrons. The molecular weight excluding hydrogens is 990 g/mol. The molecular formula is C59H53N5OPt. The number of imidazole rings is 1. The van der Waals surface area contributed by atoms with Gasteiger partial charge in [-0.05, 0) is 38.6 Å². The smallest absolute Gasteiger partial charge is 0.0579 e. The average Bonchev–Trinajstić information content (AvgIpc) is 3.84. The third kappa shape index (κ3) is 7.75. The molecule has 6 aromatic carbocycles. The van der Waals surface area contributed by atoms with E-state index < -0.39 is 0 Å². The monoisotopic (exact) mass is 1040 g/mol. The second-order valence-corrected chi connectivity index (χ2v) is 20.9. The van der Waals surface area contributed by atoms with E-state index in [2.05, 4.69) is 233 Å². The van der Waals surface area contributed by atoms with Crippen molar-refractivity contribution in [3.8, 4) is 45.3 Å². The van der Waals surface area contributed by atoms with Crippen LogP contribution in [0.3, 0.4) is 0 Å². The number of fused-ring (bicyclic) bond motifs is 3. The molecule has 8 heterocycles. The van der Waals surface area contributed by atoms with Crippen molar-refractivity contribution in [2.24, 2.45) is 0 Å². The number of ether oxygens (including phenoxy) is 1. The SMILES string of the molecule is CC(C)(C)c1ccc(-c2cnc(-n3c4ccc(-c5ccccc5)cc4c4ccc(Oc5cccc(-n6cc7c8cnc(n7[c]6=[Pt])CCc6ccc(cc6)CC8)c5)cc43)cc2C(C)(C)C)cc1. The Balaban J connectivity index is 1.00. The van der Waals surface area contributed by atoms with Crippen LogP contribution in [0.2, 0.25) is 0 Å². The minimum absolute atomic E-state index is 0.0799. The van der Waals surface area contributed by atoms with Crippen molar-refractivity contribution in [1.82, 2.24) is 23.5 Å². The fourth-order valence-electron chi connectivity index (χ4n) is 9.64. The Morgan fingerprint density at radius 2 is 1.27 bits per heavy atom. The van der Waals surface area contributed by atoms with Gasteiger partial charge in [-0.15, -0.1) is 0 Å². The van der Waals surface area contributed by atoms with Gasteiger partial charge in [0.05, 0.1) is 0 Å². The molecule has 66 heavy (non-hydrogen) atoms. The third-order valence-corrected chi connectivity index (χ3v) is 14.4. The fourth-order valence-corrected chi connectivity index (χ4v) is 10.6. The Morgan fingerprint density at radius 1 is 0.545 bits per heavy atom. The zero-order valence-electron chi connectivity index (χ0n) is 38.4. The normalized spacial score (nSPS) is 13.2. The first-order chi connectivity index (χ1) is 31.9. The summed E-state index contributed by atoms with van der Waals surface area (Å²) in [6.45, 7) is 13.7. The van der Waals surface area contributed by atoms with Crippen LogP contribution >= 0.6 is 0 Å². The van der Waals surface area contributed by atoms with Gasteiger partial charge in [-0.1, -0.05) is 102 Å². The predicted octanol–water partition coefficient (Wildman–Crippen LogP) is 14.3. The van der Waals surface area contributed by atoms with E-state index in [1.54, 1.807) is 0 Å². The van der Waals surface area contributed by atoms with Crippen molar-refractivity contribution in [1.29, 1.82) is 0 Å². The number of nitrogens with zero attached hydrogens (tertiary/aromatic N) is 5. The molecule has 4 aliphatic heterocycles. The van der Waals surface area contributed by atoms with Crippen LogP contribution in [0.25, 0.3) is 61.1 Å². The first-order valence-electron chi connectivity index (χ1n) is 23.0. The van der Waals surface area contributed by atoms with Crippen molar-refractivity contribution in [3.63, 3.8) is 0 Å². The van der Waals surface area contributed by atoms with Gasteiger partial charge in [0, 0.05) is 11.8 Å². The minimum Gasteiger partial charge on any atom is -0.0579 e. The molecule has 330 valence electrons. The quantitative estimate of drug-likeness (QED) is 0.167. The number of hydrogen-bond donors (Lipinski definition) is 0. The van der Waals surface area contributed by atoms with Gasteiger partial charge >= 0.3 is 247 Å². The van der Waals surface area contributed by atoms with Crippen LogP contribution in [0.4, 0.5) is 0 Å². The molecule has 0 atom stereocenters. The average molecular weight is 1040 g/mol. The molecule has 4 aromatic heterocycles. The van der Waals surface area contributed by atoms with Crippen LogP contribution in [-0.2, 0) is 55.9 Å². The van der Waals surface area contributed by atoms with E-state index in [-0.39, 0.29) is 10.8 Å². The van der Waals surface area contributed by atoms with E-state index in [0.29, 0.717) is 0 Å². The van der Waals surface area contributed by atoms with Gasteiger partial charge in [0.25, 0.3) is 0 Å². The molecule has 0 fully saturated rings. The summed E-state index contributed by atoms with van der Waals surface area (Å²) in [6, 6.07) is 52.7. The molecule has 10 aromatic rings. The minimum atomic E-state index is -0.143. The number of pyridine rings is 1. The summed E-state index contributed by atoms with van der Waals surface area (Å²) in [5.74, 6) is 3.47. The van der Waals surface area contributed by atoms with Gasteiger partial charge < -0.3 is 0 Å². The van der Waals surface area contributed by atoms with Crippen molar-refractivity contribution in [3.05, 3.63) is 202 Å². The van der Waals surface area contributed by atoms with Crippen molar-refractivity contribution in [2.75, 3.05) is 0 Å². The van der Waals surface area contributed by atoms with Crippen molar-refractivity contribution >= 4 is 27.3 Å². The van der Waals surface area contributed by atoms with E-state index >= 15 is 0 Å². The van der Waals surface area contributed by atoms with E-state index in [9.17, 15) is 0 Å². The van der Waals surface area contributed by atoms with Crippen molar-refractivity contribution < 1.29 is 24.1 Å². The Morgan fingerprint density at radius 3 is 2.02 bits per heavy atom. The summed E-state index contributed by atoms with van der Waals surface area (Å²) in [7, 11) is 0. The Bertz CT molecular complexity index is 3530. The van der Waals surface area contributed by atoms with Crippen LogP contribution in [0.5, 0.6) is 11.5 Å². The molecule has 0 saturated carbocycles. The summed E-state index contributed by atoms with van der Waals surface area (Å²) in [5.41, 5.74) is 15.5. The standard InChI is InChI=1S/C59H53N5O.Pt/c1-58(2,3)45-25-22-42(23-26-45)51-36-61-57(34-52(51)59(4,5)6)64-53-29-24-43(41-11-8-7-9-12-41)31-50(53)49-28-27-48(33-54(49)64)65-47-14-10-13-46(32-47)62-37-55-44-21-19-39-15-17-40(18-16-39)20-30-56(60-35-44)63(55)38-62;/h7-18,22-29,31-37H,19-21,30H2,1-6H3;. The second kappa shape index (κ2) is 16.4. The summed E-state index contributed by atoms with van der Waals surface area (Å²) in [5, 5.41) is 2.31. The van der Waals surface area contributed by atoms with Gasteiger partial charge in [-0.2, -0.15) is 0 Å². The molecule has 0 spiro atoms. The molecule has 6 nitrogen and oxygen atoms in total. The van der Waals surface area contributed by atoms with Crippen LogP contribution < -0.4 is 4.74 Å². The maximum absolute atomic E-state index is 6.83. The number of aromatic nitrogens is 5. The Kier molecular flexibility index (Phi) is 10.4. The third-order valence-electron chi connectivity index (χ3n) is 13.3. The van der Waals surface area contributed by atoms with E-state index in [0.717, 1.165) is 80.3 Å². The zero-order valence-corrected chi connectivity index (χ0v) is 40.6. The summed E-state index contributed by atoms with van der Waals surface area (Å²) >= 11 is 2.46. The zero-order chi connectivity index (χ0) is 45.3. The van der Waals surface area contributed by atoms with E-state index in [1.807, 2.05) is 6.07 Å². The number of rotatable bonds is 6. The van der Waals surface area contributed by atoms with Gasteiger partial charge in [0.1, 0.15) is 0 Å². The van der Waals surface area contributed by atoms with Crippen LogP contribution in [0.15, 0.2) is 164 Å². The number of aryl methyl sites for hydroxylation is 4. The van der Waals surface area contributed by atoms with Gasteiger partial charge in [0.2, 0.25) is 0 Å². The van der Waals surface area contributed by atoms with Gasteiger partial charge in [-0.3, -0.25) is 0 Å². The van der Waals surface area contributed by atoms with Crippen molar-refractivity contribution in [2.45, 2.75) is 78.1 Å². The molecule has 0 aliphatic carbocycles. The molecule has 4 bridgehead atoms. The molecule has 7 heteroatoms. The van der Waals surface area contributed by atoms with Crippen LogP contribution in [0.1, 0.15) is 75.2 Å². The summed E-state index contributed by atoms with van der Waals surface area (Å²) in [4.78, 5) is 10.3. The topological polar surface area (TPSA) is 49.3 Å².